The average molecular weight is 317 g/mol. The molecule has 5 nitrogen and oxygen atoms in total. The lowest BCUT2D eigenvalue weighted by atomic mass is 10.1. The predicted molar refractivity (Wildman–Crippen MR) is 90.2 cm³/mol. The lowest BCUT2D eigenvalue weighted by Crippen LogP contribution is -2.62. The van der Waals surface area contributed by atoms with Crippen LogP contribution < -0.4 is 5.32 Å². The molecule has 0 radical (unpaired) electrons. The maximum absolute atomic E-state index is 12.4. The zero-order valence-corrected chi connectivity index (χ0v) is 14.1. The lowest BCUT2D eigenvalue weighted by molar-refractivity contribution is -0.130. The molecule has 0 aliphatic carbocycles. The molecule has 2 saturated heterocycles. The molecule has 23 heavy (non-hydrogen) atoms. The van der Waals surface area contributed by atoms with Gasteiger partial charge in [0, 0.05) is 39.3 Å². The quantitative estimate of drug-likeness (QED) is 0.923. The molecular weight excluding hydrogens is 290 g/mol. The number of hydrogen-bond acceptors (Lipinski definition) is 3. The number of morpholine rings is 2. The van der Waals surface area contributed by atoms with Gasteiger partial charge in [0.2, 0.25) is 0 Å². The van der Waals surface area contributed by atoms with Crippen molar-refractivity contribution in [2.75, 3.05) is 32.7 Å². The third kappa shape index (κ3) is 4.45. The van der Waals surface area contributed by atoms with Crippen LogP contribution >= 0.6 is 0 Å². The maximum Gasteiger partial charge on any atom is 0.317 e. The molecule has 0 aromatic heterocycles. The Bertz CT molecular complexity index is 506. The SMILES string of the molecule is CC(C)CN1C[C@@H]2CN(C(=O)NCc3ccccc3)C[C@H](C1)O2. The Hall–Kier alpha value is -1.59. The standard InChI is InChI=1S/C18H27N3O2/c1-14(2)9-20-10-16-12-21(13-17(11-20)23-16)18(22)19-8-15-6-4-3-5-7-15/h3-7,14,16-17H,8-13H2,1-2H3,(H,19,22)/t16-,17+. The summed E-state index contributed by atoms with van der Waals surface area (Å²) in [5.41, 5.74) is 1.12. The van der Waals surface area contributed by atoms with E-state index in [-0.39, 0.29) is 18.2 Å². The van der Waals surface area contributed by atoms with Crippen molar-refractivity contribution in [1.29, 1.82) is 0 Å². The van der Waals surface area contributed by atoms with E-state index >= 15 is 0 Å². The minimum Gasteiger partial charge on any atom is -0.369 e. The predicted octanol–water partition coefficient (Wildman–Crippen LogP) is 1.94. The minimum absolute atomic E-state index is 0.0180. The van der Waals surface area contributed by atoms with Crippen LogP contribution in [0.15, 0.2) is 30.3 Å². The Morgan fingerprint density at radius 3 is 2.43 bits per heavy atom. The number of amides is 2. The number of nitrogens with one attached hydrogen (secondary N) is 1. The second-order valence-electron chi connectivity index (χ2n) is 7.04. The van der Waals surface area contributed by atoms with E-state index in [1.54, 1.807) is 0 Å². The van der Waals surface area contributed by atoms with Crippen molar-refractivity contribution >= 4 is 6.03 Å². The first-order valence-corrected chi connectivity index (χ1v) is 8.54. The molecule has 2 amide bonds. The largest absolute Gasteiger partial charge is 0.369 e. The van der Waals surface area contributed by atoms with E-state index in [0.29, 0.717) is 25.6 Å². The summed E-state index contributed by atoms with van der Waals surface area (Å²) in [6.45, 7) is 9.40. The lowest BCUT2D eigenvalue weighted by Gasteiger charge is -2.46. The van der Waals surface area contributed by atoms with Crippen LogP contribution in [-0.4, -0.2) is 60.8 Å². The van der Waals surface area contributed by atoms with E-state index in [9.17, 15) is 4.79 Å². The van der Waals surface area contributed by atoms with Crippen LogP contribution in [0.25, 0.3) is 0 Å². The first kappa shape index (κ1) is 16.3. The number of benzene rings is 1. The molecule has 126 valence electrons. The number of carbonyl (C=O) groups is 1. The fourth-order valence-corrected chi connectivity index (χ4v) is 3.49. The van der Waals surface area contributed by atoms with Crippen molar-refractivity contribution in [3.63, 3.8) is 0 Å². The molecule has 2 fully saturated rings. The number of hydrogen-bond donors (Lipinski definition) is 1. The molecule has 1 aromatic carbocycles. The Morgan fingerprint density at radius 1 is 1.17 bits per heavy atom. The zero-order valence-electron chi connectivity index (χ0n) is 14.1. The highest BCUT2D eigenvalue weighted by Gasteiger charge is 2.36. The van der Waals surface area contributed by atoms with E-state index in [0.717, 1.165) is 25.2 Å². The van der Waals surface area contributed by atoms with Gasteiger partial charge in [-0.05, 0) is 11.5 Å². The average Bonchev–Trinajstić information content (AvgIpc) is 2.52. The Morgan fingerprint density at radius 2 is 1.83 bits per heavy atom. The van der Waals surface area contributed by atoms with E-state index in [1.807, 2.05) is 35.2 Å². The summed E-state index contributed by atoms with van der Waals surface area (Å²) >= 11 is 0. The minimum atomic E-state index is 0.0180. The molecule has 0 spiro atoms. The monoisotopic (exact) mass is 317 g/mol. The number of nitrogens with zero attached hydrogens (tertiary/aromatic N) is 2. The van der Waals surface area contributed by atoms with Gasteiger partial charge in [0.25, 0.3) is 0 Å². The van der Waals surface area contributed by atoms with Crippen molar-refractivity contribution in [2.45, 2.75) is 32.6 Å². The number of carbonyl (C=O) groups excluding carboxylic acids is 1. The van der Waals surface area contributed by atoms with Crippen molar-refractivity contribution in [2.24, 2.45) is 5.92 Å². The summed E-state index contributed by atoms with van der Waals surface area (Å²) in [7, 11) is 0. The Labute approximate surface area is 138 Å². The van der Waals surface area contributed by atoms with E-state index < -0.39 is 0 Å². The van der Waals surface area contributed by atoms with Crippen LogP contribution in [0.5, 0.6) is 0 Å². The highest BCUT2D eigenvalue weighted by molar-refractivity contribution is 5.74. The van der Waals surface area contributed by atoms with Gasteiger partial charge in [-0.3, -0.25) is 4.90 Å². The third-order valence-electron chi connectivity index (χ3n) is 4.35. The normalized spacial score (nSPS) is 24.7. The van der Waals surface area contributed by atoms with Crippen molar-refractivity contribution in [3.05, 3.63) is 35.9 Å². The molecule has 3 rings (SSSR count). The number of rotatable bonds is 4. The van der Waals surface area contributed by atoms with Gasteiger partial charge >= 0.3 is 6.03 Å². The summed E-state index contributed by atoms with van der Waals surface area (Å²) in [6.07, 6.45) is 0.285. The molecule has 2 atom stereocenters. The van der Waals surface area contributed by atoms with Crippen molar-refractivity contribution < 1.29 is 9.53 Å². The fourth-order valence-electron chi connectivity index (χ4n) is 3.49. The van der Waals surface area contributed by atoms with Crippen LogP contribution in [0.1, 0.15) is 19.4 Å². The second-order valence-corrected chi connectivity index (χ2v) is 7.04. The summed E-state index contributed by atoms with van der Waals surface area (Å²) < 4.78 is 6.01. The number of ether oxygens (including phenoxy) is 1. The Balaban J connectivity index is 1.50. The highest BCUT2D eigenvalue weighted by atomic mass is 16.5. The van der Waals surface area contributed by atoms with E-state index in [4.69, 9.17) is 4.74 Å². The van der Waals surface area contributed by atoms with Gasteiger partial charge in [0.15, 0.2) is 0 Å². The zero-order chi connectivity index (χ0) is 16.2. The first-order chi connectivity index (χ1) is 11.1. The van der Waals surface area contributed by atoms with Gasteiger partial charge in [0.1, 0.15) is 0 Å². The summed E-state index contributed by atoms with van der Waals surface area (Å²) in [6, 6.07) is 10.0. The fraction of sp³-hybridized carbons (Fsp3) is 0.611. The van der Waals surface area contributed by atoms with Gasteiger partial charge in [-0.1, -0.05) is 44.2 Å². The van der Waals surface area contributed by atoms with Gasteiger partial charge in [0.05, 0.1) is 12.2 Å². The molecule has 1 N–H and O–H groups in total. The molecule has 5 heteroatoms. The second kappa shape index (κ2) is 7.32. The number of urea groups is 1. The van der Waals surface area contributed by atoms with E-state index in [1.165, 1.54) is 0 Å². The Kier molecular flexibility index (Phi) is 5.18. The van der Waals surface area contributed by atoms with Gasteiger partial charge in [-0.25, -0.2) is 4.79 Å². The van der Waals surface area contributed by atoms with Crippen LogP contribution in [0.4, 0.5) is 4.79 Å². The van der Waals surface area contributed by atoms with Crippen LogP contribution in [0.3, 0.4) is 0 Å². The maximum atomic E-state index is 12.4. The van der Waals surface area contributed by atoms with Crippen LogP contribution in [0, 0.1) is 5.92 Å². The molecule has 2 aliphatic heterocycles. The first-order valence-electron chi connectivity index (χ1n) is 8.54. The van der Waals surface area contributed by atoms with Crippen LogP contribution in [0.2, 0.25) is 0 Å². The highest BCUT2D eigenvalue weighted by Crippen LogP contribution is 2.20. The summed E-state index contributed by atoms with van der Waals surface area (Å²) in [5.74, 6) is 0.666. The molecular formula is C18H27N3O2. The smallest absolute Gasteiger partial charge is 0.317 e. The molecule has 0 saturated carbocycles. The third-order valence-corrected chi connectivity index (χ3v) is 4.35. The summed E-state index contributed by atoms with van der Waals surface area (Å²) in [5, 5.41) is 3.02. The summed E-state index contributed by atoms with van der Waals surface area (Å²) in [4.78, 5) is 16.8. The van der Waals surface area contributed by atoms with Gasteiger partial charge in [-0.15, -0.1) is 0 Å². The topological polar surface area (TPSA) is 44.8 Å². The van der Waals surface area contributed by atoms with E-state index in [2.05, 4.69) is 24.1 Å². The molecule has 2 aliphatic rings. The molecule has 2 heterocycles. The van der Waals surface area contributed by atoms with Crippen molar-refractivity contribution in [3.8, 4) is 0 Å². The van der Waals surface area contributed by atoms with Crippen molar-refractivity contribution in [1.82, 2.24) is 15.1 Å². The molecule has 2 bridgehead atoms. The van der Waals surface area contributed by atoms with Crippen LogP contribution in [-0.2, 0) is 11.3 Å². The van der Waals surface area contributed by atoms with Gasteiger partial charge in [-0.2, -0.15) is 0 Å². The molecule has 0 unspecified atom stereocenters. The number of fused-ring (bicyclic) bond motifs is 2. The molecule has 1 aromatic rings. The van der Waals surface area contributed by atoms with Gasteiger partial charge < -0.3 is 15.0 Å².